The van der Waals surface area contributed by atoms with Gasteiger partial charge in [0.15, 0.2) is 0 Å². The van der Waals surface area contributed by atoms with E-state index >= 15 is 0 Å². The Morgan fingerprint density at radius 2 is 1.85 bits per heavy atom. The van der Waals surface area contributed by atoms with Gasteiger partial charge in [-0.25, -0.2) is 4.39 Å². The number of ether oxygens (including phenoxy) is 2. The van der Waals surface area contributed by atoms with Crippen molar-refractivity contribution in [2.75, 3.05) is 40.5 Å². The summed E-state index contributed by atoms with van der Waals surface area (Å²) in [5, 5.41) is 0. The van der Waals surface area contributed by atoms with Crippen LogP contribution >= 0.6 is 12.2 Å². The van der Waals surface area contributed by atoms with Crippen LogP contribution in [0.1, 0.15) is 11.1 Å². The van der Waals surface area contributed by atoms with Gasteiger partial charge in [0.2, 0.25) is 0 Å². The van der Waals surface area contributed by atoms with E-state index in [2.05, 4.69) is 4.90 Å². The molecule has 0 amide bonds. The molecule has 1 aromatic carbocycles. The molecule has 0 aromatic heterocycles. The molecule has 0 unspecified atom stereocenters. The number of halogens is 1. The van der Waals surface area contributed by atoms with Gasteiger partial charge in [0.05, 0.1) is 13.2 Å². The van der Waals surface area contributed by atoms with Crippen molar-refractivity contribution in [1.82, 2.24) is 4.90 Å². The number of rotatable bonds is 9. The molecule has 6 heteroatoms. The normalized spacial score (nSPS) is 11.0. The average Bonchev–Trinajstić information content (AvgIpc) is 2.43. The molecule has 0 fully saturated rings. The molecule has 0 aliphatic carbocycles. The van der Waals surface area contributed by atoms with Crippen molar-refractivity contribution in [3.8, 4) is 0 Å². The second kappa shape index (κ2) is 8.97. The van der Waals surface area contributed by atoms with Crippen LogP contribution in [0.4, 0.5) is 4.39 Å². The lowest BCUT2D eigenvalue weighted by atomic mass is 10.1. The summed E-state index contributed by atoms with van der Waals surface area (Å²) in [6, 6.07) is 5.09. The van der Waals surface area contributed by atoms with Gasteiger partial charge in [-0.05, 0) is 6.07 Å². The van der Waals surface area contributed by atoms with E-state index in [1.807, 2.05) is 0 Å². The second-order valence-electron chi connectivity index (χ2n) is 4.40. The predicted octanol–water partition coefficient (Wildman–Crippen LogP) is 1.55. The van der Waals surface area contributed by atoms with E-state index < -0.39 is 0 Å². The molecule has 0 atom stereocenters. The fourth-order valence-corrected chi connectivity index (χ4v) is 2.00. The van der Waals surface area contributed by atoms with Crippen LogP contribution in [0, 0.1) is 5.82 Å². The van der Waals surface area contributed by atoms with E-state index in [0.717, 1.165) is 0 Å². The Morgan fingerprint density at radius 1 is 1.25 bits per heavy atom. The van der Waals surface area contributed by atoms with Gasteiger partial charge >= 0.3 is 0 Å². The molecular formula is C14H21FN2O2S. The number of hydrogen-bond donors (Lipinski definition) is 1. The number of benzene rings is 1. The van der Waals surface area contributed by atoms with Gasteiger partial charge < -0.3 is 15.2 Å². The van der Waals surface area contributed by atoms with Crippen molar-refractivity contribution in [2.45, 2.75) is 6.54 Å². The zero-order valence-electron chi connectivity index (χ0n) is 11.9. The van der Waals surface area contributed by atoms with Crippen molar-refractivity contribution in [3.05, 3.63) is 35.1 Å². The minimum Gasteiger partial charge on any atom is -0.389 e. The predicted molar refractivity (Wildman–Crippen MR) is 81.3 cm³/mol. The molecule has 1 rings (SSSR count). The zero-order valence-corrected chi connectivity index (χ0v) is 12.7. The van der Waals surface area contributed by atoms with Crippen LogP contribution in [0.15, 0.2) is 18.2 Å². The first-order valence-corrected chi connectivity index (χ1v) is 6.78. The Morgan fingerprint density at radius 3 is 2.35 bits per heavy atom. The molecule has 1 aromatic rings. The highest BCUT2D eigenvalue weighted by atomic mass is 32.1. The Bertz CT molecular complexity index is 435. The van der Waals surface area contributed by atoms with Crippen molar-refractivity contribution >= 4 is 17.2 Å². The highest BCUT2D eigenvalue weighted by Gasteiger charge is 2.13. The Balaban J connectivity index is 2.81. The molecule has 0 spiro atoms. The molecule has 2 N–H and O–H groups in total. The van der Waals surface area contributed by atoms with Gasteiger partial charge in [0.25, 0.3) is 0 Å². The molecule has 20 heavy (non-hydrogen) atoms. The van der Waals surface area contributed by atoms with Crippen LogP contribution in [0.2, 0.25) is 0 Å². The van der Waals surface area contributed by atoms with E-state index in [1.165, 1.54) is 0 Å². The standard InChI is InChI=1S/C14H21FN2O2S/c1-18-8-6-17(7-9-19-2)10-11-4-3-5-12(13(11)15)14(16)20/h3-5H,6-10H2,1-2H3,(H2,16,20). The summed E-state index contributed by atoms with van der Waals surface area (Å²) in [4.78, 5) is 2.14. The lowest BCUT2D eigenvalue weighted by Gasteiger charge is -2.22. The molecular weight excluding hydrogens is 279 g/mol. The van der Waals surface area contributed by atoms with Crippen LogP contribution in [-0.2, 0) is 16.0 Å². The first kappa shape index (κ1) is 17.0. The number of thiocarbonyl (C=S) groups is 1. The number of nitrogens with two attached hydrogens (primary N) is 1. The molecule has 0 saturated heterocycles. The third-order valence-corrected chi connectivity index (χ3v) is 3.18. The van der Waals surface area contributed by atoms with Crippen molar-refractivity contribution in [1.29, 1.82) is 0 Å². The molecule has 112 valence electrons. The van der Waals surface area contributed by atoms with Gasteiger partial charge in [0.1, 0.15) is 10.8 Å². The summed E-state index contributed by atoms with van der Waals surface area (Å²) < 4.78 is 24.4. The Labute approximate surface area is 124 Å². The summed E-state index contributed by atoms with van der Waals surface area (Å²) in [6.07, 6.45) is 0. The summed E-state index contributed by atoms with van der Waals surface area (Å²) in [5.74, 6) is -0.347. The molecule has 4 nitrogen and oxygen atoms in total. The van der Waals surface area contributed by atoms with Crippen LogP contribution in [0.5, 0.6) is 0 Å². The monoisotopic (exact) mass is 300 g/mol. The quantitative estimate of drug-likeness (QED) is 0.701. The zero-order chi connectivity index (χ0) is 15.0. The average molecular weight is 300 g/mol. The van der Waals surface area contributed by atoms with E-state index in [1.54, 1.807) is 32.4 Å². The minimum atomic E-state index is -0.347. The summed E-state index contributed by atoms with van der Waals surface area (Å²) in [7, 11) is 3.28. The molecule has 0 bridgehead atoms. The fourth-order valence-electron chi connectivity index (χ4n) is 1.84. The van der Waals surface area contributed by atoms with Gasteiger partial charge in [0, 0.05) is 45.0 Å². The van der Waals surface area contributed by atoms with Crippen LogP contribution in [-0.4, -0.2) is 50.4 Å². The molecule has 0 aliphatic rings. The first-order valence-electron chi connectivity index (χ1n) is 6.37. The lowest BCUT2D eigenvalue weighted by molar-refractivity contribution is 0.109. The fraction of sp³-hybridized carbons (Fsp3) is 0.500. The summed E-state index contributed by atoms with van der Waals surface area (Å²) in [5.41, 5.74) is 6.37. The number of methoxy groups -OCH3 is 2. The molecule has 0 saturated carbocycles. The van der Waals surface area contributed by atoms with Gasteiger partial charge in [-0.15, -0.1) is 0 Å². The third-order valence-electron chi connectivity index (χ3n) is 2.96. The topological polar surface area (TPSA) is 47.7 Å². The first-order chi connectivity index (χ1) is 9.60. The summed E-state index contributed by atoms with van der Waals surface area (Å²) in [6.45, 7) is 3.04. The Hall–Kier alpha value is -1.08. The minimum absolute atomic E-state index is 0.0738. The Kier molecular flexibility index (Phi) is 7.61. The summed E-state index contributed by atoms with van der Waals surface area (Å²) >= 11 is 4.85. The SMILES string of the molecule is COCCN(CCOC)Cc1cccc(C(N)=S)c1F. The number of nitrogens with zero attached hydrogens (tertiary/aromatic N) is 1. The highest BCUT2D eigenvalue weighted by molar-refractivity contribution is 7.80. The van der Waals surface area contributed by atoms with E-state index in [-0.39, 0.29) is 16.4 Å². The molecule has 0 heterocycles. The highest BCUT2D eigenvalue weighted by Crippen LogP contribution is 2.15. The van der Waals surface area contributed by atoms with E-state index in [4.69, 9.17) is 27.4 Å². The maximum absolute atomic E-state index is 14.3. The van der Waals surface area contributed by atoms with Gasteiger partial charge in [-0.2, -0.15) is 0 Å². The smallest absolute Gasteiger partial charge is 0.137 e. The maximum atomic E-state index is 14.3. The maximum Gasteiger partial charge on any atom is 0.137 e. The van der Waals surface area contributed by atoms with Crippen LogP contribution in [0.25, 0.3) is 0 Å². The second-order valence-corrected chi connectivity index (χ2v) is 4.84. The largest absolute Gasteiger partial charge is 0.389 e. The van der Waals surface area contributed by atoms with E-state index in [0.29, 0.717) is 38.4 Å². The third kappa shape index (κ3) is 5.13. The van der Waals surface area contributed by atoms with Crippen molar-refractivity contribution < 1.29 is 13.9 Å². The molecule has 0 aliphatic heterocycles. The van der Waals surface area contributed by atoms with E-state index in [9.17, 15) is 4.39 Å². The number of hydrogen-bond acceptors (Lipinski definition) is 4. The van der Waals surface area contributed by atoms with Gasteiger partial charge in [-0.1, -0.05) is 24.4 Å². The van der Waals surface area contributed by atoms with Crippen molar-refractivity contribution in [2.24, 2.45) is 5.73 Å². The van der Waals surface area contributed by atoms with Crippen molar-refractivity contribution in [3.63, 3.8) is 0 Å². The van der Waals surface area contributed by atoms with Gasteiger partial charge in [-0.3, -0.25) is 4.90 Å². The van der Waals surface area contributed by atoms with Crippen LogP contribution < -0.4 is 5.73 Å². The van der Waals surface area contributed by atoms with Crippen LogP contribution in [0.3, 0.4) is 0 Å². The lowest BCUT2D eigenvalue weighted by Crippen LogP contribution is -2.31. The molecule has 0 radical (unpaired) electrons.